The Hall–Kier alpha value is -1.65. The second-order valence-electron chi connectivity index (χ2n) is 4.48. The molecule has 0 unspecified atom stereocenters. The Bertz CT molecular complexity index is 602. The summed E-state index contributed by atoms with van der Waals surface area (Å²) in [6, 6.07) is 7.29. The first-order chi connectivity index (χ1) is 9.65. The molecule has 4 nitrogen and oxygen atoms in total. The van der Waals surface area contributed by atoms with E-state index in [1.54, 1.807) is 12.1 Å². The first-order valence-electron chi connectivity index (χ1n) is 6.55. The second kappa shape index (κ2) is 6.68. The number of halogens is 1. The monoisotopic (exact) mass is 292 g/mol. The number of hydrogen-bond acceptors (Lipinski definition) is 4. The Morgan fingerprint density at radius 2 is 2.00 bits per heavy atom. The number of ether oxygens (including phenoxy) is 1. The van der Waals surface area contributed by atoms with E-state index in [-0.39, 0.29) is 6.61 Å². The molecule has 0 aliphatic heterocycles. The molecule has 0 aliphatic rings. The fraction of sp³-hybridized carbons (Fsp3) is 0.333. The number of nitrogens with zero attached hydrogens (tertiary/aromatic N) is 2. The van der Waals surface area contributed by atoms with Gasteiger partial charge < -0.3 is 9.84 Å². The molecule has 2 rings (SSSR count). The zero-order valence-corrected chi connectivity index (χ0v) is 12.3. The van der Waals surface area contributed by atoms with Gasteiger partial charge in [0, 0.05) is 17.5 Å². The minimum absolute atomic E-state index is 0.0874. The van der Waals surface area contributed by atoms with E-state index < -0.39 is 0 Å². The lowest BCUT2D eigenvalue weighted by Crippen LogP contribution is -2.02. The van der Waals surface area contributed by atoms with Crippen LogP contribution >= 0.6 is 11.6 Å². The van der Waals surface area contributed by atoms with Gasteiger partial charge in [-0.2, -0.15) is 4.98 Å². The zero-order chi connectivity index (χ0) is 14.5. The largest absolute Gasteiger partial charge is 0.438 e. The number of hydrogen-bond donors (Lipinski definition) is 1. The van der Waals surface area contributed by atoms with Gasteiger partial charge >= 0.3 is 0 Å². The zero-order valence-electron chi connectivity index (χ0n) is 11.6. The van der Waals surface area contributed by atoms with Crippen LogP contribution in [0.25, 0.3) is 0 Å². The van der Waals surface area contributed by atoms with Gasteiger partial charge in [-0.15, -0.1) is 0 Å². The molecule has 0 spiro atoms. The molecule has 1 aromatic heterocycles. The van der Waals surface area contributed by atoms with Gasteiger partial charge in [-0.05, 0) is 19.4 Å². The summed E-state index contributed by atoms with van der Waals surface area (Å²) < 4.78 is 5.80. The lowest BCUT2D eigenvalue weighted by molar-refractivity contribution is 0.276. The van der Waals surface area contributed by atoms with E-state index in [4.69, 9.17) is 16.3 Å². The highest BCUT2D eigenvalue weighted by molar-refractivity contribution is 6.30. The van der Waals surface area contributed by atoms with E-state index in [0.717, 1.165) is 12.8 Å². The molecule has 2 aromatic rings. The van der Waals surface area contributed by atoms with Gasteiger partial charge in [-0.1, -0.05) is 36.7 Å². The van der Waals surface area contributed by atoms with Gasteiger partial charge in [0.25, 0.3) is 0 Å². The molecule has 5 heteroatoms. The van der Waals surface area contributed by atoms with Gasteiger partial charge in [0.15, 0.2) is 0 Å². The standard InChI is InChI=1S/C15H17ClN2O2/c1-3-6-13-17-14(16)10(2)15(18-13)20-12-8-5-4-7-11(12)9-19/h4-5,7-8,19H,3,6,9H2,1-2H3. The SMILES string of the molecule is CCCc1nc(Cl)c(C)c(Oc2ccccc2CO)n1. The number of benzene rings is 1. The Labute approximate surface area is 123 Å². The maximum atomic E-state index is 9.32. The molecule has 0 radical (unpaired) electrons. The molecular formula is C15H17ClN2O2. The number of aryl methyl sites for hydroxylation is 1. The molecule has 0 atom stereocenters. The average Bonchev–Trinajstić information content (AvgIpc) is 2.45. The highest BCUT2D eigenvalue weighted by Gasteiger charge is 2.12. The third-order valence-corrected chi connectivity index (χ3v) is 3.28. The minimum Gasteiger partial charge on any atom is -0.438 e. The Morgan fingerprint density at radius 1 is 1.25 bits per heavy atom. The van der Waals surface area contributed by atoms with Crippen LogP contribution in [0.15, 0.2) is 24.3 Å². The number of aliphatic hydroxyl groups is 1. The maximum absolute atomic E-state index is 9.32. The topological polar surface area (TPSA) is 55.2 Å². The van der Waals surface area contributed by atoms with Crippen molar-refractivity contribution >= 4 is 11.6 Å². The summed E-state index contributed by atoms with van der Waals surface area (Å²) in [7, 11) is 0. The molecule has 0 aliphatic carbocycles. The third kappa shape index (κ3) is 3.26. The van der Waals surface area contributed by atoms with Crippen LogP contribution < -0.4 is 4.74 Å². The summed E-state index contributed by atoms with van der Waals surface area (Å²) in [6.07, 6.45) is 1.68. The van der Waals surface area contributed by atoms with Crippen LogP contribution in [0.3, 0.4) is 0 Å². The first-order valence-corrected chi connectivity index (χ1v) is 6.93. The van der Waals surface area contributed by atoms with E-state index in [9.17, 15) is 5.11 Å². The summed E-state index contributed by atoms with van der Waals surface area (Å²) >= 11 is 6.11. The molecule has 0 fully saturated rings. The van der Waals surface area contributed by atoms with Crippen LogP contribution in [0.2, 0.25) is 5.15 Å². The number of aromatic nitrogens is 2. The molecular weight excluding hydrogens is 276 g/mol. The predicted octanol–water partition coefficient (Wildman–Crippen LogP) is 3.68. The summed E-state index contributed by atoms with van der Waals surface area (Å²) in [6.45, 7) is 3.78. The molecule has 0 saturated carbocycles. The van der Waals surface area contributed by atoms with Gasteiger partial charge in [0.05, 0.1) is 6.61 Å². The van der Waals surface area contributed by atoms with Crippen LogP contribution in [-0.2, 0) is 13.0 Å². The Kier molecular flexibility index (Phi) is 4.93. The van der Waals surface area contributed by atoms with Gasteiger partial charge in [0.2, 0.25) is 5.88 Å². The summed E-state index contributed by atoms with van der Waals surface area (Å²) in [5, 5.41) is 9.72. The second-order valence-corrected chi connectivity index (χ2v) is 4.84. The van der Waals surface area contributed by atoms with Crippen molar-refractivity contribution in [3.63, 3.8) is 0 Å². The molecule has 1 heterocycles. The summed E-state index contributed by atoms with van der Waals surface area (Å²) in [5.41, 5.74) is 1.40. The van der Waals surface area contributed by atoms with E-state index in [1.165, 1.54) is 0 Å². The van der Waals surface area contributed by atoms with Gasteiger partial charge in [-0.25, -0.2) is 4.98 Å². The van der Waals surface area contributed by atoms with Crippen molar-refractivity contribution in [2.24, 2.45) is 0 Å². The van der Waals surface area contributed by atoms with Crippen LogP contribution in [-0.4, -0.2) is 15.1 Å². The van der Waals surface area contributed by atoms with Crippen LogP contribution in [0.1, 0.15) is 30.3 Å². The van der Waals surface area contributed by atoms with Crippen molar-refractivity contribution in [3.05, 3.63) is 46.4 Å². The molecule has 0 bridgehead atoms. The quantitative estimate of drug-likeness (QED) is 0.854. The molecule has 1 N–H and O–H groups in total. The van der Waals surface area contributed by atoms with Crippen LogP contribution in [0, 0.1) is 6.92 Å². The van der Waals surface area contributed by atoms with Crippen LogP contribution in [0.5, 0.6) is 11.6 Å². The van der Waals surface area contributed by atoms with Crippen molar-refractivity contribution < 1.29 is 9.84 Å². The van der Waals surface area contributed by atoms with E-state index in [1.807, 2.05) is 19.1 Å². The number of para-hydroxylation sites is 1. The van der Waals surface area contributed by atoms with Crippen molar-refractivity contribution in [3.8, 4) is 11.6 Å². The number of rotatable bonds is 5. The molecule has 106 valence electrons. The number of aliphatic hydroxyl groups excluding tert-OH is 1. The van der Waals surface area contributed by atoms with Crippen molar-refractivity contribution in [1.29, 1.82) is 0 Å². The van der Waals surface area contributed by atoms with Gasteiger partial charge in [0.1, 0.15) is 16.7 Å². The lowest BCUT2D eigenvalue weighted by atomic mass is 10.2. The fourth-order valence-electron chi connectivity index (χ4n) is 1.78. The molecule has 0 amide bonds. The molecule has 1 aromatic carbocycles. The summed E-state index contributed by atoms with van der Waals surface area (Å²) in [4.78, 5) is 8.63. The highest BCUT2D eigenvalue weighted by Crippen LogP contribution is 2.29. The van der Waals surface area contributed by atoms with Crippen LogP contribution in [0.4, 0.5) is 0 Å². The smallest absolute Gasteiger partial charge is 0.227 e. The fourth-order valence-corrected chi connectivity index (χ4v) is 1.96. The summed E-state index contributed by atoms with van der Waals surface area (Å²) in [5.74, 6) is 1.68. The van der Waals surface area contributed by atoms with Crippen molar-refractivity contribution in [2.75, 3.05) is 0 Å². The minimum atomic E-state index is -0.0874. The lowest BCUT2D eigenvalue weighted by Gasteiger charge is -2.12. The molecule has 20 heavy (non-hydrogen) atoms. The van der Waals surface area contributed by atoms with E-state index in [0.29, 0.717) is 33.7 Å². The highest BCUT2D eigenvalue weighted by atomic mass is 35.5. The first kappa shape index (κ1) is 14.8. The van der Waals surface area contributed by atoms with Crippen molar-refractivity contribution in [1.82, 2.24) is 9.97 Å². The maximum Gasteiger partial charge on any atom is 0.227 e. The van der Waals surface area contributed by atoms with Crippen molar-refractivity contribution in [2.45, 2.75) is 33.3 Å². The average molecular weight is 293 g/mol. The Morgan fingerprint density at radius 3 is 2.70 bits per heavy atom. The third-order valence-electron chi connectivity index (χ3n) is 2.91. The van der Waals surface area contributed by atoms with E-state index in [2.05, 4.69) is 16.9 Å². The van der Waals surface area contributed by atoms with Gasteiger partial charge in [-0.3, -0.25) is 0 Å². The molecule has 0 saturated heterocycles. The Balaban J connectivity index is 2.37. The normalized spacial score (nSPS) is 10.6. The predicted molar refractivity (Wildman–Crippen MR) is 78.2 cm³/mol. The van der Waals surface area contributed by atoms with E-state index >= 15 is 0 Å².